The second-order valence-electron chi connectivity index (χ2n) is 3.15. The van der Waals surface area contributed by atoms with Gasteiger partial charge in [0.05, 0.1) is 12.3 Å². The monoisotopic (exact) mass is 199 g/mol. The molecular formula is C10H19N2S+. The lowest BCUT2D eigenvalue weighted by Gasteiger charge is -1.98. The Morgan fingerprint density at radius 3 is 2.92 bits per heavy atom. The standard InChI is InChI=1S/C10H18N2S/c1-3-6-12-7-5-11-10(12)9-13-8-4-2/h5,7H,3-4,6,8-9H2,1-2H3/p+1. The number of aryl methyl sites for hydroxylation is 1. The van der Waals surface area contributed by atoms with Crippen molar-refractivity contribution in [2.75, 3.05) is 5.75 Å². The Morgan fingerprint density at radius 2 is 2.23 bits per heavy atom. The molecule has 1 rings (SSSR count). The summed E-state index contributed by atoms with van der Waals surface area (Å²) in [5.74, 6) is 3.71. The molecule has 1 N–H and O–H groups in total. The van der Waals surface area contributed by atoms with E-state index >= 15 is 0 Å². The molecule has 1 aromatic rings. The summed E-state index contributed by atoms with van der Waals surface area (Å²) in [6, 6.07) is 0. The van der Waals surface area contributed by atoms with Crippen LogP contribution in [0.4, 0.5) is 0 Å². The van der Waals surface area contributed by atoms with Gasteiger partial charge in [-0.25, -0.2) is 9.55 Å². The van der Waals surface area contributed by atoms with E-state index in [1.807, 2.05) is 18.0 Å². The van der Waals surface area contributed by atoms with E-state index in [0.717, 1.165) is 12.3 Å². The molecular weight excluding hydrogens is 180 g/mol. The summed E-state index contributed by atoms with van der Waals surface area (Å²) in [6.07, 6.45) is 6.62. The van der Waals surface area contributed by atoms with E-state index in [4.69, 9.17) is 0 Å². The Morgan fingerprint density at radius 1 is 1.38 bits per heavy atom. The van der Waals surface area contributed by atoms with E-state index in [-0.39, 0.29) is 0 Å². The molecule has 0 aliphatic rings. The lowest BCUT2D eigenvalue weighted by Crippen LogP contribution is -2.35. The SMILES string of the molecule is CCCSCc1[nH]cc[n+]1CCC. The number of rotatable bonds is 6. The van der Waals surface area contributed by atoms with Gasteiger partial charge in [-0.15, -0.1) is 11.8 Å². The number of imidazole rings is 1. The van der Waals surface area contributed by atoms with Gasteiger partial charge in [0.1, 0.15) is 12.4 Å². The second kappa shape index (κ2) is 6.08. The highest BCUT2D eigenvalue weighted by atomic mass is 32.2. The van der Waals surface area contributed by atoms with E-state index in [1.54, 1.807) is 0 Å². The zero-order chi connectivity index (χ0) is 9.52. The molecule has 0 unspecified atom stereocenters. The minimum absolute atomic E-state index is 1.11. The fraction of sp³-hybridized carbons (Fsp3) is 0.700. The molecule has 0 radical (unpaired) electrons. The topological polar surface area (TPSA) is 19.7 Å². The van der Waals surface area contributed by atoms with Crippen molar-refractivity contribution in [1.29, 1.82) is 0 Å². The first-order valence-corrected chi connectivity index (χ1v) is 6.17. The number of aromatic nitrogens is 2. The quantitative estimate of drug-likeness (QED) is 0.550. The van der Waals surface area contributed by atoms with Gasteiger partial charge in [0.15, 0.2) is 0 Å². The normalized spacial score (nSPS) is 10.6. The third-order valence-electron chi connectivity index (χ3n) is 1.90. The number of aromatic amines is 1. The number of nitrogens with one attached hydrogen (secondary N) is 1. The molecule has 0 saturated carbocycles. The lowest BCUT2D eigenvalue weighted by molar-refractivity contribution is -0.701. The van der Waals surface area contributed by atoms with Gasteiger partial charge in [0.2, 0.25) is 0 Å². The molecule has 1 heterocycles. The van der Waals surface area contributed by atoms with Crippen molar-refractivity contribution in [3.63, 3.8) is 0 Å². The van der Waals surface area contributed by atoms with Gasteiger partial charge >= 0.3 is 0 Å². The molecule has 2 nitrogen and oxygen atoms in total. The van der Waals surface area contributed by atoms with Crippen LogP contribution in [0.15, 0.2) is 12.4 Å². The maximum absolute atomic E-state index is 3.29. The Bertz CT molecular complexity index is 233. The number of H-pyrrole nitrogens is 1. The fourth-order valence-corrected chi connectivity index (χ4v) is 2.16. The highest BCUT2D eigenvalue weighted by molar-refractivity contribution is 7.98. The molecule has 0 atom stereocenters. The van der Waals surface area contributed by atoms with Crippen molar-refractivity contribution < 1.29 is 4.57 Å². The van der Waals surface area contributed by atoms with Crippen molar-refractivity contribution in [2.24, 2.45) is 0 Å². The van der Waals surface area contributed by atoms with E-state index in [0.29, 0.717) is 0 Å². The molecule has 3 heteroatoms. The van der Waals surface area contributed by atoms with Crippen molar-refractivity contribution >= 4 is 11.8 Å². The zero-order valence-electron chi connectivity index (χ0n) is 8.55. The molecule has 0 aliphatic heterocycles. The predicted molar refractivity (Wildman–Crippen MR) is 57.7 cm³/mol. The average molecular weight is 199 g/mol. The summed E-state index contributed by atoms with van der Waals surface area (Å²) in [5.41, 5.74) is 0. The molecule has 0 aliphatic carbocycles. The Kier molecular flexibility index (Phi) is 4.98. The van der Waals surface area contributed by atoms with Gasteiger partial charge in [0.25, 0.3) is 5.82 Å². The van der Waals surface area contributed by atoms with Gasteiger partial charge in [-0.3, -0.25) is 0 Å². The van der Waals surface area contributed by atoms with Crippen molar-refractivity contribution in [3.05, 3.63) is 18.2 Å². The van der Waals surface area contributed by atoms with Crippen molar-refractivity contribution in [1.82, 2.24) is 4.98 Å². The highest BCUT2D eigenvalue weighted by Crippen LogP contribution is 2.07. The predicted octanol–water partition coefficient (Wildman–Crippen LogP) is 2.36. The maximum atomic E-state index is 3.29. The summed E-state index contributed by atoms with van der Waals surface area (Å²) >= 11 is 2.00. The van der Waals surface area contributed by atoms with Crippen LogP contribution < -0.4 is 4.57 Å². The smallest absolute Gasteiger partial charge is 0.247 e. The molecule has 0 bridgehead atoms. The van der Waals surface area contributed by atoms with Crippen LogP contribution in [-0.4, -0.2) is 10.7 Å². The number of hydrogen-bond donors (Lipinski definition) is 1. The van der Waals surface area contributed by atoms with Crippen molar-refractivity contribution in [2.45, 2.75) is 39.0 Å². The zero-order valence-corrected chi connectivity index (χ0v) is 9.36. The molecule has 1 aromatic heterocycles. The number of thioether (sulfide) groups is 1. The molecule has 13 heavy (non-hydrogen) atoms. The van der Waals surface area contributed by atoms with Crippen LogP contribution in [0.2, 0.25) is 0 Å². The molecule has 0 amide bonds. The van der Waals surface area contributed by atoms with Crippen LogP contribution in [0.3, 0.4) is 0 Å². The van der Waals surface area contributed by atoms with Gasteiger partial charge in [-0.1, -0.05) is 13.8 Å². The first-order chi connectivity index (χ1) is 6.38. The average Bonchev–Trinajstić information content (AvgIpc) is 2.54. The number of nitrogens with zero attached hydrogens (tertiary/aromatic N) is 1. The minimum Gasteiger partial charge on any atom is -0.247 e. The maximum Gasteiger partial charge on any atom is 0.264 e. The third kappa shape index (κ3) is 3.43. The lowest BCUT2D eigenvalue weighted by atomic mass is 10.5. The van der Waals surface area contributed by atoms with Crippen molar-refractivity contribution in [3.8, 4) is 0 Å². The molecule has 74 valence electrons. The summed E-state index contributed by atoms with van der Waals surface area (Å²) in [7, 11) is 0. The first kappa shape index (κ1) is 10.6. The Hall–Kier alpha value is -0.440. The summed E-state index contributed by atoms with van der Waals surface area (Å²) < 4.78 is 2.31. The molecule has 0 fully saturated rings. The van der Waals surface area contributed by atoms with E-state index < -0.39 is 0 Å². The van der Waals surface area contributed by atoms with Gasteiger partial charge in [-0.05, 0) is 18.6 Å². The van der Waals surface area contributed by atoms with Crippen LogP contribution in [0.5, 0.6) is 0 Å². The summed E-state index contributed by atoms with van der Waals surface area (Å²) in [5, 5.41) is 0. The molecule has 0 saturated heterocycles. The van der Waals surface area contributed by atoms with E-state index in [1.165, 1.54) is 24.4 Å². The highest BCUT2D eigenvalue weighted by Gasteiger charge is 2.08. The van der Waals surface area contributed by atoms with Crippen LogP contribution in [0, 0.1) is 0 Å². The largest absolute Gasteiger partial charge is 0.264 e. The second-order valence-corrected chi connectivity index (χ2v) is 4.26. The van der Waals surface area contributed by atoms with E-state index in [9.17, 15) is 0 Å². The fourth-order valence-electron chi connectivity index (χ4n) is 1.28. The van der Waals surface area contributed by atoms with Gasteiger partial charge in [0, 0.05) is 0 Å². The third-order valence-corrected chi connectivity index (χ3v) is 3.08. The molecule has 0 aromatic carbocycles. The molecule has 0 spiro atoms. The van der Waals surface area contributed by atoms with Crippen LogP contribution in [0.1, 0.15) is 32.5 Å². The van der Waals surface area contributed by atoms with Crippen LogP contribution >= 0.6 is 11.8 Å². The minimum atomic E-state index is 1.11. The van der Waals surface area contributed by atoms with Gasteiger partial charge in [-0.2, -0.15) is 0 Å². The Balaban J connectivity index is 2.40. The van der Waals surface area contributed by atoms with Crippen LogP contribution in [0.25, 0.3) is 0 Å². The first-order valence-electron chi connectivity index (χ1n) is 5.02. The van der Waals surface area contributed by atoms with Crippen LogP contribution in [-0.2, 0) is 12.3 Å². The summed E-state index contributed by atoms with van der Waals surface area (Å²) in [4.78, 5) is 3.29. The van der Waals surface area contributed by atoms with E-state index in [2.05, 4.69) is 29.6 Å². The summed E-state index contributed by atoms with van der Waals surface area (Å²) in [6.45, 7) is 5.57. The number of hydrogen-bond acceptors (Lipinski definition) is 1. The van der Waals surface area contributed by atoms with Gasteiger partial charge < -0.3 is 0 Å². The Labute approximate surface area is 84.7 Å².